The largest absolute Gasteiger partial charge is 0.320 e. The zero-order chi connectivity index (χ0) is 22.7. The lowest BCUT2D eigenvalue weighted by atomic mass is 10.0. The van der Waals surface area contributed by atoms with E-state index in [9.17, 15) is 14.0 Å². The average molecular weight is 435 g/mol. The molecule has 2 heterocycles. The summed E-state index contributed by atoms with van der Waals surface area (Å²) >= 11 is 0. The summed E-state index contributed by atoms with van der Waals surface area (Å²) in [6.45, 7) is 5.89. The van der Waals surface area contributed by atoms with E-state index >= 15 is 0 Å². The third-order valence-corrected chi connectivity index (χ3v) is 5.94. The van der Waals surface area contributed by atoms with Crippen LogP contribution in [-0.4, -0.2) is 33.2 Å². The number of para-hydroxylation sites is 1. The SMILES string of the molecule is Cc1cc(=O)c(C(=O)Nc2ccc(CN3CCCCC3C)cc2)nn1-c1ccccc1F. The van der Waals surface area contributed by atoms with E-state index in [4.69, 9.17) is 0 Å². The number of nitrogens with one attached hydrogen (secondary N) is 1. The molecule has 1 aliphatic rings. The minimum absolute atomic E-state index is 0.176. The number of likely N-dealkylation sites (tertiary alicyclic amines) is 1. The number of nitrogens with zero attached hydrogens (tertiary/aromatic N) is 3. The molecule has 0 spiro atoms. The van der Waals surface area contributed by atoms with Gasteiger partial charge in [-0.15, -0.1) is 0 Å². The van der Waals surface area contributed by atoms with Crippen LogP contribution in [0.2, 0.25) is 0 Å². The fraction of sp³-hybridized carbons (Fsp3) is 0.320. The second kappa shape index (κ2) is 9.44. The van der Waals surface area contributed by atoms with Gasteiger partial charge >= 0.3 is 0 Å². The molecule has 1 aliphatic heterocycles. The number of carbonyl (C=O) groups is 1. The summed E-state index contributed by atoms with van der Waals surface area (Å²) in [5.41, 5.74) is 1.56. The van der Waals surface area contributed by atoms with Crippen molar-refractivity contribution in [3.05, 3.63) is 87.6 Å². The molecule has 3 aromatic rings. The number of hydrogen-bond donors (Lipinski definition) is 1. The van der Waals surface area contributed by atoms with E-state index in [-0.39, 0.29) is 11.4 Å². The molecule has 166 valence electrons. The third-order valence-electron chi connectivity index (χ3n) is 5.94. The number of halogens is 1. The summed E-state index contributed by atoms with van der Waals surface area (Å²) in [5, 5.41) is 6.88. The van der Waals surface area contributed by atoms with Crippen molar-refractivity contribution in [2.24, 2.45) is 0 Å². The lowest BCUT2D eigenvalue weighted by Crippen LogP contribution is -2.36. The van der Waals surface area contributed by atoms with Crippen LogP contribution in [0.25, 0.3) is 5.69 Å². The van der Waals surface area contributed by atoms with E-state index in [0.717, 1.165) is 13.1 Å². The minimum atomic E-state index is -0.627. The number of aryl methyl sites for hydroxylation is 1. The fourth-order valence-electron chi connectivity index (χ4n) is 4.08. The number of rotatable bonds is 5. The van der Waals surface area contributed by atoms with Crippen LogP contribution in [0.4, 0.5) is 10.1 Å². The van der Waals surface area contributed by atoms with Crippen molar-refractivity contribution in [1.82, 2.24) is 14.7 Å². The van der Waals surface area contributed by atoms with Gasteiger partial charge in [0, 0.05) is 30.0 Å². The molecule has 0 aliphatic carbocycles. The van der Waals surface area contributed by atoms with Gasteiger partial charge in [0.2, 0.25) is 5.43 Å². The van der Waals surface area contributed by atoms with E-state index < -0.39 is 17.2 Å². The van der Waals surface area contributed by atoms with Gasteiger partial charge in [-0.3, -0.25) is 14.5 Å². The number of aromatic nitrogens is 2. The van der Waals surface area contributed by atoms with Crippen LogP contribution >= 0.6 is 0 Å². The van der Waals surface area contributed by atoms with Gasteiger partial charge in [-0.1, -0.05) is 30.7 Å². The highest BCUT2D eigenvalue weighted by atomic mass is 19.1. The molecular weight excluding hydrogens is 407 g/mol. The Balaban J connectivity index is 1.51. The molecule has 4 rings (SSSR count). The van der Waals surface area contributed by atoms with Gasteiger partial charge in [-0.2, -0.15) is 5.10 Å². The van der Waals surface area contributed by atoms with Crippen molar-refractivity contribution in [3.8, 4) is 5.69 Å². The molecule has 32 heavy (non-hydrogen) atoms. The zero-order valence-electron chi connectivity index (χ0n) is 18.3. The number of benzene rings is 2. The van der Waals surface area contributed by atoms with Crippen LogP contribution in [0.15, 0.2) is 59.4 Å². The van der Waals surface area contributed by atoms with Crippen molar-refractivity contribution in [2.75, 3.05) is 11.9 Å². The molecule has 1 unspecified atom stereocenters. The lowest BCUT2D eigenvalue weighted by molar-refractivity contribution is 0.101. The summed E-state index contributed by atoms with van der Waals surface area (Å²) in [5.74, 6) is -1.12. The van der Waals surface area contributed by atoms with Crippen LogP contribution in [0.5, 0.6) is 0 Å². The Hall–Kier alpha value is -3.32. The van der Waals surface area contributed by atoms with E-state index in [1.165, 1.54) is 41.6 Å². The Labute approximate surface area is 186 Å². The summed E-state index contributed by atoms with van der Waals surface area (Å²) in [6, 6.07) is 15.6. The molecule has 0 radical (unpaired) electrons. The predicted molar refractivity (Wildman–Crippen MR) is 123 cm³/mol. The molecule has 6 nitrogen and oxygen atoms in total. The molecule has 0 bridgehead atoms. The Morgan fingerprint density at radius 2 is 1.91 bits per heavy atom. The van der Waals surface area contributed by atoms with Gasteiger partial charge in [-0.25, -0.2) is 9.07 Å². The van der Waals surface area contributed by atoms with Crippen molar-refractivity contribution in [3.63, 3.8) is 0 Å². The van der Waals surface area contributed by atoms with E-state index in [1.54, 1.807) is 25.1 Å². The van der Waals surface area contributed by atoms with Crippen molar-refractivity contribution >= 4 is 11.6 Å². The van der Waals surface area contributed by atoms with Gasteiger partial charge in [0.25, 0.3) is 5.91 Å². The normalized spacial score (nSPS) is 16.7. The van der Waals surface area contributed by atoms with Gasteiger partial charge in [0.15, 0.2) is 5.69 Å². The first-order valence-electron chi connectivity index (χ1n) is 10.9. The maximum Gasteiger partial charge on any atom is 0.280 e. The highest BCUT2D eigenvalue weighted by molar-refractivity contribution is 6.02. The standard InChI is InChI=1S/C25H27FN4O2/c1-17-7-5-6-14-29(17)16-19-10-12-20(13-11-19)27-25(32)24-23(31)15-18(2)30(28-24)22-9-4-3-8-21(22)26/h3-4,8-13,15,17H,5-7,14,16H2,1-2H3,(H,27,32). The molecule has 1 N–H and O–H groups in total. The van der Waals surface area contributed by atoms with Crippen LogP contribution < -0.4 is 10.7 Å². The second-order valence-corrected chi connectivity index (χ2v) is 8.33. The Morgan fingerprint density at radius 3 is 2.62 bits per heavy atom. The van der Waals surface area contributed by atoms with Crippen LogP contribution in [0.3, 0.4) is 0 Å². The smallest absolute Gasteiger partial charge is 0.280 e. The first kappa shape index (κ1) is 21.9. The average Bonchev–Trinajstić information content (AvgIpc) is 2.77. The molecule has 1 atom stereocenters. The lowest BCUT2D eigenvalue weighted by Gasteiger charge is -2.33. The number of piperidine rings is 1. The van der Waals surface area contributed by atoms with Crippen molar-refractivity contribution in [1.29, 1.82) is 0 Å². The second-order valence-electron chi connectivity index (χ2n) is 8.33. The zero-order valence-corrected chi connectivity index (χ0v) is 18.3. The van der Waals surface area contributed by atoms with Crippen LogP contribution in [0, 0.1) is 12.7 Å². The van der Waals surface area contributed by atoms with Gasteiger partial charge in [-0.05, 0) is 63.1 Å². The topological polar surface area (TPSA) is 67.2 Å². The molecule has 1 amide bonds. The van der Waals surface area contributed by atoms with E-state index in [1.807, 2.05) is 24.3 Å². The summed E-state index contributed by atoms with van der Waals surface area (Å²) in [4.78, 5) is 27.7. The van der Waals surface area contributed by atoms with Gasteiger partial charge in [0.05, 0.1) is 0 Å². The van der Waals surface area contributed by atoms with Crippen molar-refractivity contribution in [2.45, 2.75) is 45.7 Å². The quantitative estimate of drug-likeness (QED) is 0.650. The maximum atomic E-state index is 14.2. The number of anilines is 1. The van der Waals surface area contributed by atoms with Gasteiger partial charge < -0.3 is 5.32 Å². The van der Waals surface area contributed by atoms with Gasteiger partial charge in [0.1, 0.15) is 11.5 Å². The molecule has 2 aromatic carbocycles. The molecule has 7 heteroatoms. The fourth-order valence-corrected chi connectivity index (χ4v) is 4.08. The molecular formula is C25H27FN4O2. The third kappa shape index (κ3) is 4.78. The van der Waals surface area contributed by atoms with E-state index in [2.05, 4.69) is 22.2 Å². The summed E-state index contributed by atoms with van der Waals surface area (Å²) in [7, 11) is 0. The van der Waals surface area contributed by atoms with E-state index in [0.29, 0.717) is 17.4 Å². The summed E-state index contributed by atoms with van der Waals surface area (Å²) < 4.78 is 15.5. The number of hydrogen-bond acceptors (Lipinski definition) is 4. The first-order chi connectivity index (χ1) is 15.4. The summed E-state index contributed by atoms with van der Waals surface area (Å²) in [6.07, 6.45) is 3.74. The van der Waals surface area contributed by atoms with Crippen LogP contribution in [-0.2, 0) is 6.54 Å². The Morgan fingerprint density at radius 1 is 1.16 bits per heavy atom. The minimum Gasteiger partial charge on any atom is -0.320 e. The molecule has 1 fully saturated rings. The Bertz CT molecular complexity index is 1170. The highest BCUT2D eigenvalue weighted by Gasteiger charge is 2.19. The molecule has 0 saturated carbocycles. The number of carbonyl (C=O) groups excluding carboxylic acids is 1. The number of amides is 1. The molecule has 1 saturated heterocycles. The Kier molecular flexibility index (Phi) is 6.46. The first-order valence-corrected chi connectivity index (χ1v) is 10.9. The highest BCUT2D eigenvalue weighted by Crippen LogP contribution is 2.20. The maximum absolute atomic E-state index is 14.2. The van der Waals surface area contributed by atoms with Crippen molar-refractivity contribution < 1.29 is 9.18 Å². The predicted octanol–water partition coefficient (Wildman–Crippen LogP) is 4.31. The van der Waals surface area contributed by atoms with Crippen LogP contribution in [0.1, 0.15) is 47.9 Å². The molecule has 1 aromatic heterocycles. The monoisotopic (exact) mass is 434 g/mol.